The first-order chi connectivity index (χ1) is 9.74. The maximum Gasteiger partial charge on any atom is 0.140 e. The van der Waals surface area contributed by atoms with E-state index < -0.39 is 0 Å². The van der Waals surface area contributed by atoms with E-state index in [0.29, 0.717) is 24.3 Å². The van der Waals surface area contributed by atoms with Crippen LogP contribution in [0.2, 0.25) is 0 Å². The second-order valence-corrected chi connectivity index (χ2v) is 5.01. The molecule has 2 nitrogen and oxygen atoms in total. The van der Waals surface area contributed by atoms with Crippen molar-refractivity contribution in [3.8, 4) is 5.75 Å². The molecule has 0 bridgehead atoms. The second-order valence-electron chi connectivity index (χ2n) is 5.01. The number of benzene rings is 2. The van der Waals surface area contributed by atoms with Crippen LogP contribution in [0.5, 0.6) is 5.75 Å². The van der Waals surface area contributed by atoms with Gasteiger partial charge in [0.15, 0.2) is 0 Å². The van der Waals surface area contributed by atoms with Gasteiger partial charge in [-0.15, -0.1) is 0 Å². The molecule has 102 valence electrons. The fourth-order valence-electron chi connectivity index (χ4n) is 2.39. The molecule has 1 fully saturated rings. The summed E-state index contributed by atoms with van der Waals surface area (Å²) < 4.78 is 19.2. The summed E-state index contributed by atoms with van der Waals surface area (Å²) in [5.41, 5.74) is 1.72. The van der Waals surface area contributed by atoms with Crippen LogP contribution in [0.1, 0.15) is 29.9 Å². The third-order valence-corrected chi connectivity index (χ3v) is 3.65. The van der Waals surface area contributed by atoms with Gasteiger partial charge in [-0.1, -0.05) is 30.3 Å². The lowest BCUT2D eigenvalue weighted by Crippen LogP contribution is -2.24. The van der Waals surface area contributed by atoms with Gasteiger partial charge in [0.1, 0.15) is 24.0 Å². The Kier molecular flexibility index (Phi) is 3.50. The van der Waals surface area contributed by atoms with Crippen molar-refractivity contribution >= 4 is 5.78 Å². The van der Waals surface area contributed by atoms with Crippen LogP contribution in [0.4, 0.5) is 4.39 Å². The number of hydrogen-bond donors (Lipinski definition) is 0. The van der Waals surface area contributed by atoms with Crippen molar-refractivity contribution in [2.24, 2.45) is 0 Å². The molecule has 0 saturated heterocycles. The summed E-state index contributed by atoms with van der Waals surface area (Å²) in [7, 11) is 0. The minimum absolute atomic E-state index is 0.167. The molecule has 1 atom stereocenters. The van der Waals surface area contributed by atoms with E-state index in [1.54, 1.807) is 6.07 Å². The van der Waals surface area contributed by atoms with Gasteiger partial charge in [-0.2, -0.15) is 0 Å². The highest BCUT2D eigenvalue weighted by Crippen LogP contribution is 2.38. The summed E-state index contributed by atoms with van der Waals surface area (Å²) in [6, 6.07) is 14.2. The summed E-state index contributed by atoms with van der Waals surface area (Å²) in [5, 5.41) is 0. The lowest BCUT2D eigenvalue weighted by molar-refractivity contribution is -0.125. The van der Waals surface area contributed by atoms with Gasteiger partial charge >= 0.3 is 0 Å². The maximum absolute atomic E-state index is 13.4. The second kappa shape index (κ2) is 5.45. The van der Waals surface area contributed by atoms with Gasteiger partial charge in [0, 0.05) is 17.9 Å². The lowest BCUT2D eigenvalue weighted by atomic mass is 9.78. The number of ketones is 1. The summed E-state index contributed by atoms with van der Waals surface area (Å²) in [5.74, 6) is 0.247. The van der Waals surface area contributed by atoms with Gasteiger partial charge < -0.3 is 4.74 Å². The Morgan fingerprint density at radius 3 is 2.60 bits per heavy atom. The Bertz CT molecular complexity index is 622. The quantitative estimate of drug-likeness (QED) is 0.843. The maximum atomic E-state index is 13.4. The molecule has 3 heteroatoms. The summed E-state index contributed by atoms with van der Waals surface area (Å²) >= 11 is 0. The Labute approximate surface area is 117 Å². The van der Waals surface area contributed by atoms with Gasteiger partial charge in [-0.05, 0) is 30.2 Å². The van der Waals surface area contributed by atoms with Crippen LogP contribution < -0.4 is 4.74 Å². The number of Topliss-reactive ketones (excluding diaryl/α,β-unsaturated/α-hetero) is 1. The number of carbonyl (C=O) groups excluding carboxylic acids is 1. The highest BCUT2D eigenvalue weighted by atomic mass is 19.1. The molecule has 1 aliphatic carbocycles. The van der Waals surface area contributed by atoms with E-state index in [1.165, 1.54) is 12.1 Å². The van der Waals surface area contributed by atoms with Gasteiger partial charge in [0.25, 0.3) is 0 Å². The van der Waals surface area contributed by atoms with E-state index in [0.717, 1.165) is 12.0 Å². The minimum Gasteiger partial charge on any atom is -0.489 e. The molecular weight excluding hydrogens is 255 g/mol. The van der Waals surface area contributed by atoms with Crippen LogP contribution in [-0.4, -0.2) is 5.78 Å². The number of carbonyl (C=O) groups is 1. The first-order valence-corrected chi connectivity index (χ1v) is 6.73. The summed E-state index contributed by atoms with van der Waals surface area (Å²) in [6.07, 6.45) is 1.36. The van der Waals surface area contributed by atoms with Crippen LogP contribution in [0.15, 0.2) is 48.5 Å². The molecule has 0 radical (unpaired) electrons. The van der Waals surface area contributed by atoms with Crippen molar-refractivity contribution in [3.05, 3.63) is 65.5 Å². The average Bonchev–Trinajstić information content (AvgIpc) is 2.46. The number of hydrogen-bond acceptors (Lipinski definition) is 2. The van der Waals surface area contributed by atoms with E-state index in [1.807, 2.05) is 30.3 Å². The zero-order chi connectivity index (χ0) is 13.9. The van der Waals surface area contributed by atoms with E-state index in [4.69, 9.17) is 4.74 Å². The Morgan fingerprint density at radius 2 is 1.95 bits per heavy atom. The molecule has 0 aromatic heterocycles. The minimum atomic E-state index is -0.327. The van der Waals surface area contributed by atoms with Crippen LogP contribution in [0.25, 0.3) is 0 Å². The molecule has 0 aliphatic heterocycles. The number of halogens is 1. The topological polar surface area (TPSA) is 26.3 Å². The molecule has 2 aromatic rings. The van der Waals surface area contributed by atoms with Crippen molar-refractivity contribution in [3.63, 3.8) is 0 Å². The molecule has 0 N–H and O–H groups in total. The van der Waals surface area contributed by atoms with Gasteiger partial charge in [-0.25, -0.2) is 4.39 Å². The summed E-state index contributed by atoms with van der Waals surface area (Å²) in [4.78, 5) is 11.6. The zero-order valence-corrected chi connectivity index (χ0v) is 11.0. The Hall–Kier alpha value is -2.16. The average molecular weight is 270 g/mol. The van der Waals surface area contributed by atoms with E-state index in [-0.39, 0.29) is 17.5 Å². The Morgan fingerprint density at radius 1 is 1.15 bits per heavy atom. The number of ether oxygens (including phenoxy) is 1. The van der Waals surface area contributed by atoms with Gasteiger partial charge in [-0.3, -0.25) is 4.79 Å². The van der Waals surface area contributed by atoms with E-state index in [9.17, 15) is 9.18 Å². The monoisotopic (exact) mass is 270 g/mol. The van der Waals surface area contributed by atoms with Crippen molar-refractivity contribution in [2.45, 2.75) is 25.4 Å². The lowest BCUT2D eigenvalue weighted by Gasteiger charge is -2.26. The zero-order valence-electron chi connectivity index (χ0n) is 11.0. The fraction of sp³-hybridized carbons (Fsp3) is 0.235. The summed E-state index contributed by atoms with van der Waals surface area (Å²) in [6.45, 7) is 0.417. The normalized spacial score (nSPS) is 17.6. The fourth-order valence-corrected chi connectivity index (χ4v) is 2.39. The van der Waals surface area contributed by atoms with Crippen molar-refractivity contribution < 1.29 is 13.9 Å². The van der Waals surface area contributed by atoms with E-state index in [2.05, 4.69) is 0 Å². The smallest absolute Gasteiger partial charge is 0.140 e. The predicted molar refractivity (Wildman–Crippen MR) is 74.2 cm³/mol. The SMILES string of the molecule is O=C1CCC1c1cc(F)ccc1OCc1ccccc1. The first-order valence-electron chi connectivity index (χ1n) is 6.73. The molecule has 20 heavy (non-hydrogen) atoms. The highest BCUT2D eigenvalue weighted by Gasteiger charge is 2.32. The highest BCUT2D eigenvalue weighted by molar-refractivity contribution is 5.91. The predicted octanol–water partition coefficient (Wildman–Crippen LogP) is 3.85. The largest absolute Gasteiger partial charge is 0.489 e. The third kappa shape index (κ3) is 2.57. The standard InChI is InChI=1S/C17H15FO2/c18-13-6-9-17(15(10-13)14-7-8-16(14)19)20-11-12-4-2-1-3-5-12/h1-6,9-10,14H,7-8,11H2. The van der Waals surface area contributed by atoms with E-state index >= 15 is 0 Å². The van der Waals surface area contributed by atoms with Gasteiger partial charge in [0.2, 0.25) is 0 Å². The van der Waals surface area contributed by atoms with Crippen LogP contribution >= 0.6 is 0 Å². The molecule has 1 unspecified atom stereocenters. The molecule has 1 aliphatic rings. The van der Waals surface area contributed by atoms with Crippen molar-refractivity contribution in [1.82, 2.24) is 0 Å². The molecular formula is C17H15FO2. The van der Waals surface area contributed by atoms with Gasteiger partial charge in [0.05, 0.1) is 0 Å². The van der Waals surface area contributed by atoms with Crippen LogP contribution in [0.3, 0.4) is 0 Å². The number of rotatable bonds is 4. The first kappa shape index (κ1) is 12.9. The molecule has 3 rings (SSSR count). The van der Waals surface area contributed by atoms with Crippen LogP contribution in [0, 0.1) is 5.82 Å². The molecule has 2 aromatic carbocycles. The molecule has 0 spiro atoms. The molecule has 1 saturated carbocycles. The van der Waals surface area contributed by atoms with Crippen molar-refractivity contribution in [1.29, 1.82) is 0 Å². The Balaban J connectivity index is 1.80. The van der Waals surface area contributed by atoms with Crippen LogP contribution in [-0.2, 0) is 11.4 Å². The molecule has 0 amide bonds. The third-order valence-electron chi connectivity index (χ3n) is 3.65. The van der Waals surface area contributed by atoms with Crippen molar-refractivity contribution in [2.75, 3.05) is 0 Å². The molecule has 0 heterocycles.